The van der Waals surface area contributed by atoms with E-state index >= 15 is 0 Å². The monoisotopic (exact) mass is 312 g/mol. The Bertz CT molecular complexity index is 610. The molecule has 0 aliphatic rings. The average molecular weight is 313 g/mol. The van der Waals surface area contributed by atoms with Crippen molar-refractivity contribution >= 4 is 21.9 Å². The standard InChI is InChI=1S/C12H10BrFN2O2/c1-6-12(10(16-15-6)5-11(17)18)8-4-7(13)2-3-9(8)14/h2-4H,5H2,1H3,(H,15,16)(H,17,18). The van der Waals surface area contributed by atoms with Gasteiger partial charge in [-0.1, -0.05) is 15.9 Å². The normalized spacial score (nSPS) is 10.6. The first-order valence-corrected chi connectivity index (χ1v) is 5.99. The molecule has 18 heavy (non-hydrogen) atoms. The first-order chi connectivity index (χ1) is 8.49. The van der Waals surface area contributed by atoms with Crippen LogP contribution in [0.25, 0.3) is 11.1 Å². The van der Waals surface area contributed by atoms with Crippen LogP contribution in [0.4, 0.5) is 4.39 Å². The van der Waals surface area contributed by atoms with Crippen molar-refractivity contribution in [1.29, 1.82) is 0 Å². The second-order valence-corrected chi connectivity index (χ2v) is 4.78. The van der Waals surface area contributed by atoms with E-state index in [0.29, 0.717) is 22.5 Å². The van der Waals surface area contributed by atoms with Gasteiger partial charge in [0.2, 0.25) is 0 Å². The van der Waals surface area contributed by atoms with Gasteiger partial charge in [0.15, 0.2) is 0 Å². The van der Waals surface area contributed by atoms with E-state index in [0.717, 1.165) is 4.47 Å². The SMILES string of the molecule is Cc1[nH]nc(CC(=O)O)c1-c1cc(Br)ccc1F. The minimum Gasteiger partial charge on any atom is -0.481 e. The molecular formula is C12H10BrFN2O2. The van der Waals surface area contributed by atoms with Gasteiger partial charge in [-0.15, -0.1) is 0 Å². The van der Waals surface area contributed by atoms with E-state index < -0.39 is 11.8 Å². The summed E-state index contributed by atoms with van der Waals surface area (Å²) >= 11 is 3.27. The van der Waals surface area contributed by atoms with E-state index in [1.54, 1.807) is 19.1 Å². The number of aromatic nitrogens is 2. The van der Waals surface area contributed by atoms with Gasteiger partial charge >= 0.3 is 5.97 Å². The predicted octanol–water partition coefficient (Wildman–Crippen LogP) is 2.91. The highest BCUT2D eigenvalue weighted by Crippen LogP contribution is 2.30. The molecule has 0 saturated carbocycles. The maximum atomic E-state index is 13.8. The Hall–Kier alpha value is -1.69. The van der Waals surface area contributed by atoms with Gasteiger partial charge < -0.3 is 5.11 Å². The lowest BCUT2D eigenvalue weighted by Crippen LogP contribution is -2.02. The van der Waals surface area contributed by atoms with Crippen LogP contribution in [-0.2, 0) is 11.2 Å². The van der Waals surface area contributed by atoms with Gasteiger partial charge in [-0.05, 0) is 25.1 Å². The Morgan fingerprint density at radius 3 is 2.94 bits per heavy atom. The Morgan fingerprint density at radius 2 is 2.28 bits per heavy atom. The molecule has 0 atom stereocenters. The fourth-order valence-electron chi connectivity index (χ4n) is 1.80. The second-order valence-electron chi connectivity index (χ2n) is 3.86. The predicted molar refractivity (Wildman–Crippen MR) is 67.8 cm³/mol. The molecule has 1 aromatic carbocycles. The highest BCUT2D eigenvalue weighted by molar-refractivity contribution is 9.10. The molecule has 0 saturated heterocycles. The van der Waals surface area contributed by atoms with Crippen molar-refractivity contribution in [2.75, 3.05) is 0 Å². The van der Waals surface area contributed by atoms with E-state index in [9.17, 15) is 9.18 Å². The molecule has 0 amide bonds. The van der Waals surface area contributed by atoms with Crippen molar-refractivity contribution in [3.05, 3.63) is 39.9 Å². The number of carboxylic acids is 1. The molecular weight excluding hydrogens is 303 g/mol. The van der Waals surface area contributed by atoms with Crippen molar-refractivity contribution in [2.24, 2.45) is 0 Å². The minimum absolute atomic E-state index is 0.244. The van der Waals surface area contributed by atoms with Gasteiger partial charge in [0.25, 0.3) is 0 Å². The van der Waals surface area contributed by atoms with E-state index in [2.05, 4.69) is 26.1 Å². The van der Waals surface area contributed by atoms with Crippen molar-refractivity contribution in [3.63, 3.8) is 0 Å². The molecule has 94 valence electrons. The molecule has 0 spiro atoms. The summed E-state index contributed by atoms with van der Waals surface area (Å²) in [6.07, 6.45) is -0.244. The highest BCUT2D eigenvalue weighted by Gasteiger charge is 2.18. The average Bonchev–Trinajstić information content (AvgIpc) is 2.63. The zero-order valence-corrected chi connectivity index (χ0v) is 11.1. The third-order valence-corrected chi connectivity index (χ3v) is 3.03. The Labute approximate surface area is 111 Å². The van der Waals surface area contributed by atoms with Crippen molar-refractivity contribution in [2.45, 2.75) is 13.3 Å². The van der Waals surface area contributed by atoms with Gasteiger partial charge in [0.05, 0.1) is 12.1 Å². The lowest BCUT2D eigenvalue weighted by Gasteiger charge is -2.05. The summed E-state index contributed by atoms with van der Waals surface area (Å²) in [4.78, 5) is 10.8. The quantitative estimate of drug-likeness (QED) is 0.915. The van der Waals surface area contributed by atoms with Gasteiger partial charge in [-0.3, -0.25) is 9.89 Å². The topological polar surface area (TPSA) is 66.0 Å². The van der Waals surface area contributed by atoms with Gasteiger partial charge in [-0.25, -0.2) is 4.39 Å². The van der Waals surface area contributed by atoms with Crippen LogP contribution in [0.2, 0.25) is 0 Å². The van der Waals surface area contributed by atoms with Crippen LogP contribution in [0.1, 0.15) is 11.4 Å². The van der Waals surface area contributed by atoms with Crippen molar-refractivity contribution in [1.82, 2.24) is 10.2 Å². The molecule has 2 N–H and O–H groups in total. The number of halogens is 2. The summed E-state index contributed by atoms with van der Waals surface area (Å²) in [5.74, 6) is -1.41. The van der Waals surface area contributed by atoms with Crippen LogP contribution in [0.5, 0.6) is 0 Å². The summed E-state index contributed by atoms with van der Waals surface area (Å²) in [7, 11) is 0. The highest BCUT2D eigenvalue weighted by atomic mass is 79.9. The molecule has 1 aromatic heterocycles. The van der Waals surface area contributed by atoms with Crippen LogP contribution in [0.15, 0.2) is 22.7 Å². The van der Waals surface area contributed by atoms with E-state index in [4.69, 9.17) is 5.11 Å². The van der Waals surface area contributed by atoms with Crippen molar-refractivity contribution in [3.8, 4) is 11.1 Å². The number of hydrogen-bond donors (Lipinski definition) is 2. The number of H-pyrrole nitrogens is 1. The zero-order chi connectivity index (χ0) is 13.3. The number of hydrogen-bond acceptors (Lipinski definition) is 2. The third-order valence-electron chi connectivity index (χ3n) is 2.54. The Kier molecular flexibility index (Phi) is 3.47. The Morgan fingerprint density at radius 1 is 1.56 bits per heavy atom. The molecule has 0 aliphatic carbocycles. The maximum absolute atomic E-state index is 13.8. The number of nitrogens with zero attached hydrogens (tertiary/aromatic N) is 1. The summed E-state index contributed by atoms with van der Waals surface area (Å²) in [6, 6.07) is 4.53. The molecule has 1 heterocycles. The number of aromatic amines is 1. The van der Waals surface area contributed by atoms with Gasteiger partial charge in [0.1, 0.15) is 5.82 Å². The number of rotatable bonds is 3. The molecule has 0 unspecified atom stereocenters. The number of benzene rings is 1. The molecule has 0 fully saturated rings. The number of nitrogens with one attached hydrogen (secondary N) is 1. The lowest BCUT2D eigenvalue weighted by molar-refractivity contribution is -0.136. The smallest absolute Gasteiger partial charge is 0.309 e. The largest absolute Gasteiger partial charge is 0.481 e. The summed E-state index contributed by atoms with van der Waals surface area (Å²) < 4.78 is 14.5. The second kappa shape index (κ2) is 4.89. The van der Waals surface area contributed by atoms with Crippen LogP contribution in [0.3, 0.4) is 0 Å². The molecule has 4 nitrogen and oxygen atoms in total. The van der Waals surface area contributed by atoms with E-state index in [1.165, 1.54) is 6.07 Å². The summed E-state index contributed by atoms with van der Waals surface area (Å²) in [5.41, 5.74) is 1.82. The van der Waals surface area contributed by atoms with Crippen molar-refractivity contribution < 1.29 is 14.3 Å². The van der Waals surface area contributed by atoms with Crippen LogP contribution in [-0.4, -0.2) is 21.3 Å². The fraction of sp³-hybridized carbons (Fsp3) is 0.167. The Balaban J connectivity index is 2.59. The van der Waals surface area contributed by atoms with Gasteiger partial charge in [-0.2, -0.15) is 5.10 Å². The van der Waals surface area contributed by atoms with Crippen LogP contribution >= 0.6 is 15.9 Å². The molecule has 0 radical (unpaired) electrons. The number of carbonyl (C=O) groups is 1. The lowest BCUT2D eigenvalue weighted by atomic mass is 10.0. The van der Waals surface area contributed by atoms with Crippen LogP contribution < -0.4 is 0 Å². The molecule has 6 heteroatoms. The zero-order valence-electron chi connectivity index (χ0n) is 9.50. The number of aryl methyl sites for hydroxylation is 1. The number of carboxylic acid groups (broad SMARTS) is 1. The maximum Gasteiger partial charge on any atom is 0.309 e. The fourth-order valence-corrected chi connectivity index (χ4v) is 2.16. The molecule has 2 rings (SSSR count). The first-order valence-electron chi connectivity index (χ1n) is 5.20. The van der Waals surface area contributed by atoms with E-state index in [1.807, 2.05) is 0 Å². The number of aliphatic carboxylic acids is 1. The molecule has 0 aliphatic heterocycles. The van der Waals surface area contributed by atoms with Gasteiger partial charge in [0, 0.05) is 21.3 Å². The minimum atomic E-state index is -1.00. The van der Waals surface area contributed by atoms with E-state index in [-0.39, 0.29) is 6.42 Å². The molecule has 0 bridgehead atoms. The van der Waals surface area contributed by atoms with Crippen LogP contribution in [0, 0.1) is 12.7 Å². The third kappa shape index (κ3) is 2.43. The molecule has 2 aromatic rings. The summed E-state index contributed by atoms with van der Waals surface area (Å²) in [6.45, 7) is 1.73. The first kappa shape index (κ1) is 12.8. The summed E-state index contributed by atoms with van der Waals surface area (Å²) in [5, 5.41) is 15.4.